The molecule has 1 N–H and O–H groups in total. The Morgan fingerprint density at radius 1 is 0.794 bits per heavy atom. The van der Waals surface area contributed by atoms with Crippen LogP contribution in [0.1, 0.15) is 31.8 Å². The van der Waals surface area contributed by atoms with E-state index in [9.17, 15) is 14.4 Å². The third-order valence-electron chi connectivity index (χ3n) is 6.20. The lowest BCUT2D eigenvalue weighted by atomic mass is 9.84. The van der Waals surface area contributed by atoms with E-state index in [2.05, 4.69) is 15.1 Å². The van der Waals surface area contributed by atoms with Crippen LogP contribution in [0.4, 0.5) is 11.4 Å². The zero-order chi connectivity index (χ0) is 23.8. The van der Waals surface area contributed by atoms with E-state index in [0.717, 1.165) is 31.9 Å². The van der Waals surface area contributed by atoms with Crippen LogP contribution in [-0.2, 0) is 4.79 Å². The molecule has 1 aliphatic carbocycles. The average Bonchev–Trinajstić information content (AvgIpc) is 2.84. The quantitative estimate of drug-likeness (QED) is 0.452. The number of ketones is 2. The van der Waals surface area contributed by atoms with Gasteiger partial charge in [0.1, 0.15) is 0 Å². The number of hydrogen-bond donors (Lipinski definition) is 1. The lowest BCUT2D eigenvalue weighted by Crippen LogP contribution is -2.48. The van der Waals surface area contributed by atoms with Gasteiger partial charge in [-0.25, -0.2) is 0 Å². The molecule has 1 heterocycles. The third kappa shape index (κ3) is 4.32. The first-order chi connectivity index (χ1) is 16.4. The Morgan fingerprint density at radius 3 is 2.09 bits per heavy atom. The molecular weight excluding hydrogens is 473 g/mol. The Balaban J connectivity index is 1.25. The van der Waals surface area contributed by atoms with Gasteiger partial charge in [0.15, 0.2) is 11.6 Å². The van der Waals surface area contributed by atoms with Crippen LogP contribution in [0.3, 0.4) is 0 Å². The van der Waals surface area contributed by atoms with E-state index < -0.39 is 0 Å². The summed E-state index contributed by atoms with van der Waals surface area (Å²) in [4.78, 5) is 42.8. The number of anilines is 2. The second-order valence-corrected chi connectivity index (χ2v) is 9.22. The first-order valence-corrected chi connectivity index (χ1v) is 11.7. The molecule has 0 radical (unpaired) electrons. The van der Waals surface area contributed by atoms with E-state index in [1.165, 1.54) is 12.1 Å². The number of piperazine rings is 1. The number of benzene rings is 3. The highest BCUT2D eigenvalue weighted by molar-refractivity contribution is 6.36. The summed E-state index contributed by atoms with van der Waals surface area (Å²) in [5.41, 5.74) is 2.62. The molecule has 34 heavy (non-hydrogen) atoms. The molecule has 6 nitrogen and oxygen atoms in total. The summed E-state index contributed by atoms with van der Waals surface area (Å²) in [6.07, 6.45) is 0. The summed E-state index contributed by atoms with van der Waals surface area (Å²) in [5, 5.41) is 3.73. The highest BCUT2D eigenvalue weighted by Crippen LogP contribution is 2.33. The topological polar surface area (TPSA) is 69.7 Å². The van der Waals surface area contributed by atoms with Crippen molar-refractivity contribution in [2.75, 3.05) is 42.9 Å². The number of carbonyl (C=O) groups is 3. The molecule has 1 saturated heterocycles. The first kappa shape index (κ1) is 22.6. The van der Waals surface area contributed by atoms with Crippen molar-refractivity contribution in [2.45, 2.75) is 0 Å². The van der Waals surface area contributed by atoms with Crippen molar-refractivity contribution in [2.24, 2.45) is 0 Å². The molecule has 5 rings (SSSR count). The number of rotatable bonds is 4. The molecule has 0 spiro atoms. The second-order valence-electron chi connectivity index (χ2n) is 8.37. The molecule has 1 aliphatic heterocycles. The number of hydrogen-bond acceptors (Lipinski definition) is 5. The van der Waals surface area contributed by atoms with E-state index >= 15 is 0 Å². The van der Waals surface area contributed by atoms with Gasteiger partial charge in [0, 0.05) is 59.1 Å². The summed E-state index contributed by atoms with van der Waals surface area (Å²) in [6, 6.07) is 17.4. The fourth-order valence-electron chi connectivity index (χ4n) is 4.44. The van der Waals surface area contributed by atoms with E-state index in [-0.39, 0.29) is 40.2 Å². The monoisotopic (exact) mass is 493 g/mol. The molecule has 8 heteroatoms. The molecule has 2 aliphatic rings. The highest BCUT2D eigenvalue weighted by Gasteiger charge is 2.30. The van der Waals surface area contributed by atoms with Gasteiger partial charge in [-0.05, 0) is 30.3 Å². The van der Waals surface area contributed by atoms with Gasteiger partial charge in [0.05, 0.1) is 17.3 Å². The van der Waals surface area contributed by atoms with Crippen molar-refractivity contribution in [3.8, 4) is 0 Å². The average molecular weight is 494 g/mol. The highest BCUT2D eigenvalue weighted by atomic mass is 35.5. The lowest BCUT2D eigenvalue weighted by molar-refractivity contribution is -0.117. The summed E-state index contributed by atoms with van der Waals surface area (Å²) < 4.78 is 0. The number of nitrogens with one attached hydrogen (secondary N) is 1. The first-order valence-electron chi connectivity index (χ1n) is 11.0. The van der Waals surface area contributed by atoms with Crippen LogP contribution >= 0.6 is 23.2 Å². The maximum Gasteiger partial charge on any atom is 0.238 e. The minimum atomic E-state index is -0.255. The van der Waals surface area contributed by atoms with Gasteiger partial charge in [-0.3, -0.25) is 19.3 Å². The van der Waals surface area contributed by atoms with Crippen LogP contribution < -0.4 is 10.2 Å². The van der Waals surface area contributed by atoms with Crippen LogP contribution in [0.2, 0.25) is 10.0 Å². The molecule has 0 bridgehead atoms. The van der Waals surface area contributed by atoms with E-state index in [0.29, 0.717) is 21.8 Å². The van der Waals surface area contributed by atoms with Crippen LogP contribution in [0, 0.1) is 0 Å². The molecule has 1 fully saturated rings. The van der Waals surface area contributed by atoms with Gasteiger partial charge < -0.3 is 10.2 Å². The summed E-state index contributed by atoms with van der Waals surface area (Å²) >= 11 is 12.5. The lowest BCUT2D eigenvalue weighted by Gasteiger charge is -2.35. The van der Waals surface area contributed by atoms with E-state index in [1.807, 2.05) is 24.3 Å². The molecule has 3 aromatic carbocycles. The molecule has 1 amide bonds. The van der Waals surface area contributed by atoms with Crippen LogP contribution in [0.15, 0.2) is 60.7 Å². The third-order valence-corrected chi connectivity index (χ3v) is 6.75. The van der Waals surface area contributed by atoms with Crippen LogP contribution in [0.5, 0.6) is 0 Å². The van der Waals surface area contributed by atoms with Crippen molar-refractivity contribution in [3.63, 3.8) is 0 Å². The summed E-state index contributed by atoms with van der Waals surface area (Å²) in [5.74, 6) is -0.731. The van der Waals surface area contributed by atoms with Crippen molar-refractivity contribution >= 4 is 52.1 Å². The van der Waals surface area contributed by atoms with Gasteiger partial charge >= 0.3 is 0 Å². The molecule has 0 saturated carbocycles. The minimum absolute atomic E-state index is 0.201. The Labute approximate surface area is 207 Å². The zero-order valence-corrected chi connectivity index (χ0v) is 19.7. The van der Waals surface area contributed by atoms with Gasteiger partial charge in [0.2, 0.25) is 5.91 Å². The Kier molecular flexibility index (Phi) is 6.13. The minimum Gasteiger partial charge on any atom is -0.369 e. The van der Waals surface area contributed by atoms with Gasteiger partial charge in [0.25, 0.3) is 0 Å². The number of amides is 1. The van der Waals surface area contributed by atoms with Gasteiger partial charge in [-0.15, -0.1) is 0 Å². The number of fused-ring (bicyclic) bond motifs is 2. The predicted octanol–water partition coefficient (Wildman–Crippen LogP) is 4.53. The SMILES string of the molecule is O=C(CN1CCN(c2cccc(Cl)c2)CC1)Nc1cc2c(cc1Cl)C(=O)c1ccccc1C2=O. The standard InChI is InChI=1S/C26H21Cl2N3O3/c27-16-4-3-5-17(12-16)31-10-8-30(9-11-31)15-24(32)29-23-14-21-20(13-22(23)28)25(33)18-6-1-2-7-19(18)26(21)34/h1-7,12-14H,8-11,15H2,(H,29,32). The maximum atomic E-state index is 13.0. The Morgan fingerprint density at radius 2 is 1.44 bits per heavy atom. The number of halogens is 2. The number of nitrogens with zero attached hydrogens (tertiary/aromatic N) is 2. The van der Waals surface area contributed by atoms with Gasteiger partial charge in [-0.1, -0.05) is 53.5 Å². The Bertz CT molecular complexity index is 1320. The molecule has 0 atom stereocenters. The van der Waals surface area contributed by atoms with Crippen molar-refractivity contribution in [1.82, 2.24) is 4.90 Å². The van der Waals surface area contributed by atoms with Crippen molar-refractivity contribution < 1.29 is 14.4 Å². The molecule has 3 aromatic rings. The van der Waals surface area contributed by atoms with Gasteiger partial charge in [-0.2, -0.15) is 0 Å². The van der Waals surface area contributed by atoms with Crippen molar-refractivity contribution in [3.05, 3.63) is 93.0 Å². The zero-order valence-electron chi connectivity index (χ0n) is 18.2. The largest absolute Gasteiger partial charge is 0.369 e. The molecule has 172 valence electrons. The number of carbonyl (C=O) groups excluding carboxylic acids is 3. The fourth-order valence-corrected chi connectivity index (χ4v) is 4.84. The van der Waals surface area contributed by atoms with E-state index in [1.54, 1.807) is 24.3 Å². The summed E-state index contributed by atoms with van der Waals surface area (Å²) in [7, 11) is 0. The molecule has 0 aromatic heterocycles. The van der Waals surface area contributed by atoms with E-state index in [4.69, 9.17) is 23.2 Å². The van der Waals surface area contributed by atoms with Crippen LogP contribution in [-0.4, -0.2) is 55.1 Å². The normalized spacial score (nSPS) is 15.6. The Hall–Kier alpha value is -3.19. The maximum absolute atomic E-state index is 13.0. The fraction of sp³-hybridized carbons (Fsp3) is 0.192. The van der Waals surface area contributed by atoms with Crippen molar-refractivity contribution in [1.29, 1.82) is 0 Å². The summed E-state index contributed by atoms with van der Waals surface area (Å²) in [6.45, 7) is 3.21. The second kappa shape index (κ2) is 9.22. The van der Waals surface area contributed by atoms with Crippen LogP contribution in [0.25, 0.3) is 0 Å². The molecule has 0 unspecified atom stereocenters. The molecular formula is C26H21Cl2N3O3. The smallest absolute Gasteiger partial charge is 0.238 e. The predicted molar refractivity (Wildman–Crippen MR) is 133 cm³/mol.